The van der Waals surface area contributed by atoms with Gasteiger partial charge in [0.1, 0.15) is 0 Å². The van der Waals surface area contributed by atoms with Crippen molar-refractivity contribution in [3.63, 3.8) is 0 Å². The number of hydrogen-bond acceptors (Lipinski definition) is 3. The third-order valence-corrected chi connectivity index (χ3v) is 3.17. The second kappa shape index (κ2) is 6.58. The van der Waals surface area contributed by atoms with Crippen molar-refractivity contribution < 1.29 is 4.79 Å². The van der Waals surface area contributed by atoms with E-state index in [0.29, 0.717) is 13.1 Å². The molecule has 15 heavy (non-hydrogen) atoms. The summed E-state index contributed by atoms with van der Waals surface area (Å²) in [4.78, 5) is 11.5. The molecule has 3 N–H and O–H groups in total. The van der Waals surface area contributed by atoms with Gasteiger partial charge >= 0.3 is 0 Å². The van der Waals surface area contributed by atoms with Gasteiger partial charge in [-0.2, -0.15) is 11.3 Å². The first-order valence-corrected chi connectivity index (χ1v) is 6.21. The summed E-state index contributed by atoms with van der Waals surface area (Å²) < 4.78 is 0. The van der Waals surface area contributed by atoms with Crippen molar-refractivity contribution in [2.45, 2.75) is 19.8 Å². The first-order valence-electron chi connectivity index (χ1n) is 5.26. The van der Waals surface area contributed by atoms with Crippen molar-refractivity contribution >= 4 is 17.2 Å². The highest BCUT2D eigenvalue weighted by Crippen LogP contribution is 2.06. The van der Waals surface area contributed by atoms with Gasteiger partial charge in [0.15, 0.2) is 0 Å². The van der Waals surface area contributed by atoms with Gasteiger partial charge in [0.25, 0.3) is 0 Å². The molecule has 1 amide bonds. The standard InChI is InChI=1S/C11H18N2OS/c1-2-10(7-12)11(14)13-5-3-9-4-6-15-8-9/h4,6,8,10H,2-3,5,7,12H2,1H3,(H,13,14). The van der Waals surface area contributed by atoms with Gasteiger partial charge in [0, 0.05) is 19.0 Å². The van der Waals surface area contributed by atoms with Gasteiger partial charge in [0.2, 0.25) is 5.91 Å². The monoisotopic (exact) mass is 226 g/mol. The Kier molecular flexibility index (Phi) is 5.36. The molecule has 3 nitrogen and oxygen atoms in total. The predicted molar refractivity (Wildman–Crippen MR) is 63.9 cm³/mol. The van der Waals surface area contributed by atoms with E-state index in [0.717, 1.165) is 12.8 Å². The maximum absolute atomic E-state index is 11.5. The van der Waals surface area contributed by atoms with Crippen molar-refractivity contribution in [2.75, 3.05) is 13.1 Å². The van der Waals surface area contributed by atoms with E-state index in [2.05, 4.69) is 16.8 Å². The Labute approximate surface area is 94.7 Å². The Morgan fingerprint density at radius 3 is 3.00 bits per heavy atom. The Hall–Kier alpha value is -0.870. The quantitative estimate of drug-likeness (QED) is 0.770. The zero-order chi connectivity index (χ0) is 11.1. The molecule has 1 atom stereocenters. The summed E-state index contributed by atoms with van der Waals surface area (Å²) >= 11 is 1.68. The minimum atomic E-state index is -0.0347. The third kappa shape index (κ3) is 4.01. The van der Waals surface area contributed by atoms with Gasteiger partial charge in [0.05, 0.1) is 0 Å². The molecule has 0 saturated heterocycles. The highest BCUT2D eigenvalue weighted by molar-refractivity contribution is 7.07. The molecular weight excluding hydrogens is 208 g/mol. The first kappa shape index (κ1) is 12.2. The number of thiophene rings is 1. The Morgan fingerprint density at radius 1 is 1.67 bits per heavy atom. The fourth-order valence-corrected chi connectivity index (χ4v) is 2.07. The largest absolute Gasteiger partial charge is 0.355 e. The van der Waals surface area contributed by atoms with Crippen LogP contribution in [0.5, 0.6) is 0 Å². The Bertz CT molecular complexity index is 281. The summed E-state index contributed by atoms with van der Waals surface area (Å²) in [5, 5.41) is 7.06. The lowest BCUT2D eigenvalue weighted by atomic mass is 10.1. The molecule has 0 aliphatic rings. The van der Waals surface area contributed by atoms with Crippen molar-refractivity contribution in [1.82, 2.24) is 5.32 Å². The van der Waals surface area contributed by atoms with Crippen LogP contribution in [0, 0.1) is 5.92 Å². The van der Waals surface area contributed by atoms with Crippen molar-refractivity contribution in [2.24, 2.45) is 11.7 Å². The SMILES string of the molecule is CCC(CN)C(=O)NCCc1ccsc1. The zero-order valence-corrected chi connectivity index (χ0v) is 9.85. The lowest BCUT2D eigenvalue weighted by molar-refractivity contribution is -0.124. The fourth-order valence-electron chi connectivity index (χ4n) is 1.37. The van der Waals surface area contributed by atoms with Crippen LogP contribution < -0.4 is 11.1 Å². The molecule has 1 rings (SSSR count). The van der Waals surface area contributed by atoms with Crippen LogP contribution in [0.1, 0.15) is 18.9 Å². The normalized spacial score (nSPS) is 12.4. The highest BCUT2D eigenvalue weighted by Gasteiger charge is 2.13. The molecular formula is C11H18N2OS. The number of carbonyl (C=O) groups excluding carboxylic acids is 1. The second-order valence-electron chi connectivity index (χ2n) is 3.51. The molecule has 0 aliphatic carbocycles. The third-order valence-electron chi connectivity index (χ3n) is 2.44. The van der Waals surface area contributed by atoms with E-state index in [1.807, 2.05) is 12.3 Å². The number of nitrogens with one attached hydrogen (secondary N) is 1. The van der Waals surface area contributed by atoms with Crippen LogP contribution in [0.2, 0.25) is 0 Å². The summed E-state index contributed by atoms with van der Waals surface area (Å²) in [6.07, 6.45) is 1.71. The average Bonchev–Trinajstić information content (AvgIpc) is 2.72. The number of carbonyl (C=O) groups is 1. The molecule has 0 radical (unpaired) electrons. The van der Waals surface area contributed by atoms with Gasteiger partial charge in [-0.05, 0) is 35.2 Å². The van der Waals surface area contributed by atoms with E-state index in [9.17, 15) is 4.79 Å². The van der Waals surface area contributed by atoms with E-state index < -0.39 is 0 Å². The molecule has 0 bridgehead atoms. The Balaban J connectivity index is 2.22. The van der Waals surface area contributed by atoms with Crippen LogP contribution in [0.25, 0.3) is 0 Å². The molecule has 0 fully saturated rings. The lowest BCUT2D eigenvalue weighted by Gasteiger charge is -2.12. The lowest BCUT2D eigenvalue weighted by Crippen LogP contribution is -2.35. The molecule has 1 heterocycles. The van der Waals surface area contributed by atoms with Crippen molar-refractivity contribution in [3.8, 4) is 0 Å². The van der Waals surface area contributed by atoms with Crippen LogP contribution in [0.4, 0.5) is 0 Å². The number of rotatable bonds is 6. The fraction of sp³-hybridized carbons (Fsp3) is 0.545. The molecule has 4 heteroatoms. The number of hydrogen-bond donors (Lipinski definition) is 2. The zero-order valence-electron chi connectivity index (χ0n) is 9.03. The minimum Gasteiger partial charge on any atom is -0.355 e. The molecule has 84 valence electrons. The summed E-state index contributed by atoms with van der Waals surface area (Å²) in [5.74, 6) is 0.0442. The van der Waals surface area contributed by atoms with Gasteiger partial charge in [-0.25, -0.2) is 0 Å². The van der Waals surface area contributed by atoms with Crippen LogP contribution in [0.3, 0.4) is 0 Å². The first-order chi connectivity index (χ1) is 7.27. The molecule has 0 aliphatic heterocycles. The summed E-state index contributed by atoms with van der Waals surface area (Å²) in [6.45, 7) is 3.11. The van der Waals surface area contributed by atoms with Crippen LogP contribution in [0.15, 0.2) is 16.8 Å². The molecule has 0 aromatic carbocycles. The van der Waals surface area contributed by atoms with Crippen molar-refractivity contribution in [3.05, 3.63) is 22.4 Å². The number of amides is 1. The van der Waals surface area contributed by atoms with Gasteiger partial charge in [-0.3, -0.25) is 4.79 Å². The number of nitrogens with two attached hydrogens (primary N) is 1. The van der Waals surface area contributed by atoms with E-state index in [4.69, 9.17) is 5.73 Å². The molecule has 0 spiro atoms. The predicted octanol–water partition coefficient (Wildman–Crippen LogP) is 1.39. The average molecular weight is 226 g/mol. The second-order valence-corrected chi connectivity index (χ2v) is 4.29. The molecule has 1 aromatic rings. The van der Waals surface area contributed by atoms with Crippen LogP contribution in [-0.4, -0.2) is 19.0 Å². The van der Waals surface area contributed by atoms with Crippen LogP contribution >= 0.6 is 11.3 Å². The van der Waals surface area contributed by atoms with Gasteiger partial charge in [-0.15, -0.1) is 0 Å². The van der Waals surface area contributed by atoms with Gasteiger partial charge in [-0.1, -0.05) is 6.92 Å². The van der Waals surface area contributed by atoms with E-state index >= 15 is 0 Å². The maximum Gasteiger partial charge on any atom is 0.224 e. The summed E-state index contributed by atoms with van der Waals surface area (Å²) in [5.41, 5.74) is 6.77. The maximum atomic E-state index is 11.5. The smallest absolute Gasteiger partial charge is 0.224 e. The molecule has 1 unspecified atom stereocenters. The molecule has 1 aromatic heterocycles. The van der Waals surface area contributed by atoms with Gasteiger partial charge < -0.3 is 11.1 Å². The topological polar surface area (TPSA) is 55.1 Å². The molecule has 0 saturated carbocycles. The van der Waals surface area contributed by atoms with Crippen LogP contribution in [-0.2, 0) is 11.2 Å². The Morgan fingerprint density at radius 2 is 2.47 bits per heavy atom. The van der Waals surface area contributed by atoms with E-state index in [-0.39, 0.29) is 11.8 Å². The van der Waals surface area contributed by atoms with E-state index in [1.165, 1.54) is 5.56 Å². The minimum absolute atomic E-state index is 0.0347. The van der Waals surface area contributed by atoms with E-state index in [1.54, 1.807) is 11.3 Å². The summed E-state index contributed by atoms with van der Waals surface area (Å²) in [6, 6.07) is 2.08. The highest BCUT2D eigenvalue weighted by atomic mass is 32.1. The van der Waals surface area contributed by atoms with Crippen molar-refractivity contribution in [1.29, 1.82) is 0 Å². The summed E-state index contributed by atoms with van der Waals surface area (Å²) in [7, 11) is 0.